The van der Waals surface area contributed by atoms with Crippen LogP contribution in [-0.2, 0) is 6.54 Å². The average molecular weight is 495 g/mol. The van der Waals surface area contributed by atoms with Crippen molar-refractivity contribution in [1.82, 2.24) is 24.7 Å². The van der Waals surface area contributed by atoms with Gasteiger partial charge >= 0.3 is 6.03 Å². The molecule has 2 aliphatic heterocycles. The molecule has 2 atom stereocenters. The van der Waals surface area contributed by atoms with E-state index in [-0.39, 0.29) is 24.2 Å². The molecule has 1 spiro atoms. The second kappa shape index (κ2) is 9.86. The molecule has 36 heavy (non-hydrogen) atoms. The molecular weight excluding hydrogens is 456 g/mol. The maximum Gasteiger partial charge on any atom is 0.320 e. The zero-order chi connectivity index (χ0) is 25.3. The number of amides is 2. The highest BCUT2D eigenvalue weighted by atomic mass is 16.3. The van der Waals surface area contributed by atoms with Crippen molar-refractivity contribution >= 4 is 11.8 Å². The minimum absolute atomic E-state index is 0.00680. The Balaban J connectivity index is 1.37. The van der Waals surface area contributed by atoms with Crippen molar-refractivity contribution in [3.8, 4) is 0 Å². The number of aromatic nitrogens is 2. The molecule has 3 fully saturated rings. The Kier molecular flexibility index (Phi) is 6.78. The van der Waals surface area contributed by atoms with Gasteiger partial charge in [0.25, 0.3) is 5.56 Å². The Labute approximate surface area is 212 Å². The van der Waals surface area contributed by atoms with Gasteiger partial charge in [0, 0.05) is 58.3 Å². The Morgan fingerprint density at radius 3 is 2.61 bits per heavy atom. The van der Waals surface area contributed by atoms with Gasteiger partial charge in [0.15, 0.2) is 0 Å². The molecule has 1 aromatic heterocycles. The summed E-state index contributed by atoms with van der Waals surface area (Å²) in [5.41, 5.74) is -0.514. The van der Waals surface area contributed by atoms with Crippen LogP contribution in [-0.4, -0.2) is 82.9 Å². The summed E-state index contributed by atoms with van der Waals surface area (Å²) in [4.78, 5) is 36.8. The van der Waals surface area contributed by atoms with E-state index in [1.165, 1.54) is 10.6 Å². The third-order valence-electron chi connectivity index (χ3n) is 8.54. The van der Waals surface area contributed by atoms with Crippen molar-refractivity contribution in [2.24, 2.45) is 5.41 Å². The molecule has 0 bridgehead atoms. The Morgan fingerprint density at radius 1 is 1.17 bits per heavy atom. The number of piperidine rings is 1. The first-order valence-electron chi connectivity index (χ1n) is 13.1. The highest BCUT2D eigenvalue weighted by molar-refractivity contribution is 5.75. The Hall–Kier alpha value is -2.91. The van der Waals surface area contributed by atoms with Gasteiger partial charge in [-0.05, 0) is 24.8 Å². The predicted octanol–water partition coefficient (Wildman–Crippen LogP) is 2.07. The fourth-order valence-electron chi connectivity index (χ4n) is 6.41. The Morgan fingerprint density at radius 2 is 1.92 bits per heavy atom. The number of benzene rings is 1. The van der Waals surface area contributed by atoms with E-state index in [2.05, 4.69) is 22.4 Å². The quantitative estimate of drug-likeness (QED) is 0.676. The normalized spacial score (nSPS) is 25.8. The van der Waals surface area contributed by atoms with Gasteiger partial charge in [-0.2, -0.15) is 0 Å². The summed E-state index contributed by atoms with van der Waals surface area (Å²) >= 11 is 0. The molecule has 194 valence electrons. The van der Waals surface area contributed by atoms with Crippen molar-refractivity contribution in [1.29, 1.82) is 0 Å². The number of aliphatic hydroxyl groups is 1. The lowest BCUT2D eigenvalue weighted by molar-refractivity contribution is -0.137. The molecule has 9 nitrogen and oxygen atoms in total. The molecule has 3 aliphatic rings. The van der Waals surface area contributed by atoms with Gasteiger partial charge in [0.05, 0.1) is 24.5 Å². The number of anilines is 1. The highest BCUT2D eigenvalue weighted by Gasteiger charge is 2.56. The predicted molar refractivity (Wildman–Crippen MR) is 139 cm³/mol. The first kappa shape index (κ1) is 24.8. The van der Waals surface area contributed by atoms with Crippen LogP contribution in [0.15, 0.2) is 47.5 Å². The van der Waals surface area contributed by atoms with E-state index in [1.54, 1.807) is 11.2 Å². The molecule has 2 amide bonds. The summed E-state index contributed by atoms with van der Waals surface area (Å²) in [6.45, 7) is 3.36. The van der Waals surface area contributed by atoms with Crippen LogP contribution in [0.1, 0.15) is 43.7 Å². The molecule has 5 rings (SSSR count). The van der Waals surface area contributed by atoms with Crippen LogP contribution in [0.3, 0.4) is 0 Å². The van der Waals surface area contributed by atoms with Gasteiger partial charge in [-0.1, -0.05) is 43.2 Å². The SMILES string of the molecule is CN(C)c1cc(=O)n(CC2(O)CCN(C(=O)N3CCNCC3c3ccccc3)CC23CCCC3)cn1. The van der Waals surface area contributed by atoms with E-state index < -0.39 is 11.0 Å². The lowest BCUT2D eigenvalue weighted by Crippen LogP contribution is -2.64. The van der Waals surface area contributed by atoms with E-state index >= 15 is 0 Å². The second-order valence-electron chi connectivity index (χ2n) is 10.9. The molecular formula is C27H38N6O3. The number of nitrogens with zero attached hydrogens (tertiary/aromatic N) is 5. The topological polar surface area (TPSA) is 93.9 Å². The summed E-state index contributed by atoms with van der Waals surface area (Å²) in [5, 5.41) is 15.5. The highest BCUT2D eigenvalue weighted by Crippen LogP contribution is 2.51. The first-order valence-corrected chi connectivity index (χ1v) is 13.1. The zero-order valence-corrected chi connectivity index (χ0v) is 21.4. The maximum atomic E-state index is 13.9. The molecule has 2 unspecified atom stereocenters. The van der Waals surface area contributed by atoms with Crippen LogP contribution in [0.25, 0.3) is 0 Å². The summed E-state index contributed by atoms with van der Waals surface area (Å²) in [6, 6.07) is 11.7. The lowest BCUT2D eigenvalue weighted by Gasteiger charge is -2.53. The van der Waals surface area contributed by atoms with Crippen LogP contribution < -0.4 is 15.8 Å². The molecule has 2 N–H and O–H groups in total. The third-order valence-corrected chi connectivity index (χ3v) is 8.54. The van der Waals surface area contributed by atoms with Crippen LogP contribution in [0.2, 0.25) is 0 Å². The van der Waals surface area contributed by atoms with Crippen molar-refractivity contribution in [3.05, 3.63) is 58.6 Å². The fraction of sp³-hybridized carbons (Fsp3) is 0.593. The summed E-state index contributed by atoms with van der Waals surface area (Å²) in [7, 11) is 3.70. The smallest absolute Gasteiger partial charge is 0.320 e. The zero-order valence-electron chi connectivity index (χ0n) is 21.4. The molecule has 1 aliphatic carbocycles. The first-order chi connectivity index (χ1) is 17.3. The molecule has 1 aromatic carbocycles. The Bertz CT molecular complexity index is 1130. The lowest BCUT2D eigenvalue weighted by atomic mass is 9.66. The van der Waals surface area contributed by atoms with Crippen molar-refractivity contribution in [2.75, 3.05) is 51.7 Å². The molecule has 2 aromatic rings. The number of carbonyl (C=O) groups excluding carboxylic acids is 1. The van der Waals surface area contributed by atoms with Crippen LogP contribution in [0.4, 0.5) is 10.6 Å². The third kappa shape index (κ3) is 4.50. The fourth-order valence-corrected chi connectivity index (χ4v) is 6.41. The van der Waals surface area contributed by atoms with Gasteiger partial charge < -0.3 is 25.1 Å². The van der Waals surface area contributed by atoms with E-state index in [9.17, 15) is 14.7 Å². The number of likely N-dealkylation sites (tertiary alicyclic amines) is 1. The average Bonchev–Trinajstić information content (AvgIpc) is 3.37. The second-order valence-corrected chi connectivity index (χ2v) is 10.9. The summed E-state index contributed by atoms with van der Waals surface area (Å²) in [6.07, 6.45) is 5.75. The van der Waals surface area contributed by atoms with E-state index in [0.29, 0.717) is 31.9 Å². The van der Waals surface area contributed by atoms with E-state index in [1.807, 2.05) is 42.1 Å². The number of carbonyl (C=O) groups is 1. The monoisotopic (exact) mass is 494 g/mol. The van der Waals surface area contributed by atoms with Gasteiger partial charge in [-0.15, -0.1) is 0 Å². The minimum atomic E-state index is -1.06. The summed E-state index contributed by atoms with van der Waals surface area (Å²) < 4.78 is 1.53. The van der Waals surface area contributed by atoms with Crippen molar-refractivity contribution in [2.45, 2.75) is 50.3 Å². The standard InChI is InChI=1S/C27H38N6O3/c1-30(2)23-16-24(34)32(20-29-23)19-27(36)12-14-31(18-26(27)10-6-7-11-26)25(35)33-15-13-28-17-22(33)21-8-4-3-5-9-21/h3-5,8-9,16,20,22,28,36H,6-7,10-15,17-19H2,1-2H3. The number of piperazine rings is 1. The molecule has 3 heterocycles. The maximum absolute atomic E-state index is 13.9. The van der Waals surface area contributed by atoms with Crippen molar-refractivity contribution in [3.63, 3.8) is 0 Å². The number of hydrogen-bond acceptors (Lipinski definition) is 6. The van der Waals surface area contributed by atoms with Gasteiger partial charge in [-0.3, -0.25) is 9.36 Å². The molecule has 2 saturated heterocycles. The van der Waals surface area contributed by atoms with Crippen LogP contribution in [0.5, 0.6) is 0 Å². The van der Waals surface area contributed by atoms with E-state index in [0.717, 1.165) is 44.3 Å². The van der Waals surface area contributed by atoms with Gasteiger partial charge in [0.1, 0.15) is 5.82 Å². The molecule has 1 saturated carbocycles. The van der Waals surface area contributed by atoms with E-state index in [4.69, 9.17) is 0 Å². The number of rotatable bonds is 4. The van der Waals surface area contributed by atoms with Crippen LogP contribution >= 0.6 is 0 Å². The minimum Gasteiger partial charge on any atom is -0.387 e. The number of nitrogens with one attached hydrogen (secondary N) is 1. The number of urea groups is 1. The van der Waals surface area contributed by atoms with Gasteiger partial charge in [-0.25, -0.2) is 9.78 Å². The molecule has 0 radical (unpaired) electrons. The van der Waals surface area contributed by atoms with Crippen LogP contribution in [0, 0.1) is 5.41 Å². The largest absolute Gasteiger partial charge is 0.387 e. The van der Waals surface area contributed by atoms with Crippen molar-refractivity contribution < 1.29 is 9.90 Å². The molecule has 9 heteroatoms. The summed E-state index contributed by atoms with van der Waals surface area (Å²) in [5.74, 6) is 0.600. The van der Waals surface area contributed by atoms with Gasteiger partial charge in [0.2, 0.25) is 0 Å². The number of hydrogen-bond donors (Lipinski definition) is 2.